The summed E-state index contributed by atoms with van der Waals surface area (Å²) >= 11 is 0. The Bertz CT molecular complexity index is 3940. The molecule has 0 bridgehead atoms. The number of rotatable bonds is 6. The van der Waals surface area contributed by atoms with Gasteiger partial charge in [0.25, 0.3) is 0 Å². The molecule has 0 aliphatic carbocycles. The summed E-state index contributed by atoms with van der Waals surface area (Å²) in [5.41, 5.74) is 12.1. The summed E-state index contributed by atoms with van der Waals surface area (Å²) in [5.74, 6) is 1.79. The first kappa shape index (κ1) is 36.0. The van der Waals surface area contributed by atoms with Crippen LogP contribution in [-0.4, -0.2) is 19.5 Å². The first-order valence-electron chi connectivity index (χ1n) is 21.6. The van der Waals surface area contributed by atoms with Crippen molar-refractivity contribution in [2.75, 3.05) is 0 Å². The first-order chi connectivity index (χ1) is 31.7. The number of aromatic nitrogens is 4. The topological polar surface area (TPSA) is 56.7 Å². The minimum absolute atomic E-state index is 0.579. The van der Waals surface area contributed by atoms with Crippen molar-refractivity contribution in [3.63, 3.8) is 0 Å². The maximum absolute atomic E-state index is 6.99. The maximum Gasteiger partial charge on any atom is 0.164 e. The molecule has 298 valence electrons. The lowest BCUT2D eigenvalue weighted by molar-refractivity contribution is 0.666. The van der Waals surface area contributed by atoms with Gasteiger partial charge in [-0.2, -0.15) is 0 Å². The Balaban J connectivity index is 1.03. The third kappa shape index (κ3) is 5.83. The average Bonchev–Trinajstić information content (AvgIpc) is 3.93. The summed E-state index contributed by atoms with van der Waals surface area (Å²) in [7, 11) is 0. The molecule has 5 heteroatoms. The number of benzene rings is 10. The Kier molecular flexibility index (Phi) is 8.15. The highest BCUT2D eigenvalue weighted by molar-refractivity contribution is 6.23. The molecule has 0 amide bonds. The van der Waals surface area contributed by atoms with E-state index in [1.807, 2.05) is 18.2 Å². The second kappa shape index (κ2) is 14.5. The number of hydrogen-bond donors (Lipinski definition) is 0. The molecule has 0 aliphatic heterocycles. The largest absolute Gasteiger partial charge is 0.454 e. The standard InChI is InChI=1S/C59H36N4O/c1-3-13-37(14-4-1)40-25-28-42(29-26-40)57-60-58(45-30-27-39-17-7-8-19-43(39)35-45)62-59(61-57)48-22-12-24-53-55(48)47-21-11-23-52(56(47)64-53)63-50-33-32-44(38-15-5-2-6-16-38)36-49(50)54-46-20-10-9-18-41(46)31-34-51(54)63/h1-36H. The lowest BCUT2D eigenvalue weighted by Gasteiger charge is -2.11. The van der Waals surface area contributed by atoms with Crippen LogP contribution in [-0.2, 0) is 0 Å². The van der Waals surface area contributed by atoms with Gasteiger partial charge >= 0.3 is 0 Å². The predicted molar refractivity (Wildman–Crippen MR) is 264 cm³/mol. The normalized spacial score (nSPS) is 11.8. The van der Waals surface area contributed by atoms with Crippen LogP contribution in [0.4, 0.5) is 0 Å². The zero-order valence-corrected chi connectivity index (χ0v) is 34.5. The van der Waals surface area contributed by atoms with Crippen LogP contribution in [0.3, 0.4) is 0 Å². The molecule has 0 unspecified atom stereocenters. The molecule has 5 nitrogen and oxygen atoms in total. The highest BCUT2D eigenvalue weighted by Crippen LogP contribution is 2.43. The summed E-state index contributed by atoms with van der Waals surface area (Å²) < 4.78 is 9.36. The number of furan rings is 1. The number of para-hydroxylation sites is 1. The Morgan fingerprint density at radius 3 is 1.72 bits per heavy atom. The fourth-order valence-electron chi connectivity index (χ4n) is 9.58. The van der Waals surface area contributed by atoms with Gasteiger partial charge in [-0.25, -0.2) is 15.0 Å². The molecule has 0 atom stereocenters. The number of hydrogen-bond acceptors (Lipinski definition) is 4. The second-order valence-corrected chi connectivity index (χ2v) is 16.4. The summed E-state index contributed by atoms with van der Waals surface area (Å²) in [6, 6.07) is 76.9. The summed E-state index contributed by atoms with van der Waals surface area (Å²) in [6.45, 7) is 0. The van der Waals surface area contributed by atoms with Crippen LogP contribution < -0.4 is 0 Å². The Morgan fingerprint density at radius 1 is 0.328 bits per heavy atom. The molecule has 0 aliphatic rings. The van der Waals surface area contributed by atoms with E-state index in [-0.39, 0.29) is 0 Å². The van der Waals surface area contributed by atoms with E-state index in [0.717, 1.165) is 77.2 Å². The smallest absolute Gasteiger partial charge is 0.164 e. The molecular formula is C59H36N4O. The second-order valence-electron chi connectivity index (χ2n) is 16.4. The van der Waals surface area contributed by atoms with E-state index < -0.39 is 0 Å². The van der Waals surface area contributed by atoms with Gasteiger partial charge in [0.1, 0.15) is 5.58 Å². The molecule has 0 fully saturated rings. The van der Waals surface area contributed by atoms with Gasteiger partial charge in [-0.05, 0) is 80.2 Å². The van der Waals surface area contributed by atoms with E-state index in [1.54, 1.807) is 0 Å². The third-order valence-electron chi connectivity index (χ3n) is 12.6. The Hall–Kier alpha value is -8.67. The quantitative estimate of drug-likeness (QED) is 0.168. The summed E-state index contributed by atoms with van der Waals surface area (Å²) in [6.07, 6.45) is 0. The summed E-state index contributed by atoms with van der Waals surface area (Å²) in [5, 5.41) is 9.07. The van der Waals surface area contributed by atoms with E-state index in [1.165, 1.54) is 32.7 Å². The van der Waals surface area contributed by atoms with Crippen molar-refractivity contribution in [2.45, 2.75) is 0 Å². The predicted octanol–water partition coefficient (Wildman–Crippen LogP) is 15.5. The van der Waals surface area contributed by atoms with E-state index in [0.29, 0.717) is 17.5 Å². The Labute approximate surface area is 368 Å². The minimum Gasteiger partial charge on any atom is -0.454 e. The average molecular weight is 817 g/mol. The minimum atomic E-state index is 0.579. The van der Waals surface area contributed by atoms with Gasteiger partial charge < -0.3 is 8.98 Å². The van der Waals surface area contributed by atoms with Crippen LogP contribution in [0.1, 0.15) is 0 Å². The van der Waals surface area contributed by atoms with Crippen molar-refractivity contribution >= 4 is 65.3 Å². The molecule has 13 aromatic rings. The molecule has 64 heavy (non-hydrogen) atoms. The van der Waals surface area contributed by atoms with Gasteiger partial charge in [-0.3, -0.25) is 0 Å². The number of nitrogens with zero attached hydrogens (tertiary/aromatic N) is 4. The molecule has 3 heterocycles. The van der Waals surface area contributed by atoms with Crippen LogP contribution in [0, 0.1) is 0 Å². The lowest BCUT2D eigenvalue weighted by Crippen LogP contribution is -2.00. The van der Waals surface area contributed by atoms with Crippen LogP contribution in [0.15, 0.2) is 223 Å². The molecule has 3 aromatic heterocycles. The van der Waals surface area contributed by atoms with Crippen LogP contribution in [0.25, 0.3) is 127 Å². The molecule has 0 N–H and O–H groups in total. The highest BCUT2D eigenvalue weighted by Gasteiger charge is 2.23. The molecule has 13 rings (SSSR count). The fraction of sp³-hybridized carbons (Fsp3) is 0. The third-order valence-corrected chi connectivity index (χ3v) is 12.6. The van der Waals surface area contributed by atoms with Gasteiger partial charge in [-0.15, -0.1) is 0 Å². The van der Waals surface area contributed by atoms with Crippen molar-refractivity contribution < 1.29 is 4.42 Å². The zero-order valence-electron chi connectivity index (χ0n) is 34.5. The van der Waals surface area contributed by atoms with E-state index in [2.05, 4.69) is 205 Å². The lowest BCUT2D eigenvalue weighted by atomic mass is 10.0. The fourth-order valence-corrected chi connectivity index (χ4v) is 9.58. The van der Waals surface area contributed by atoms with E-state index in [9.17, 15) is 0 Å². The van der Waals surface area contributed by atoms with Gasteiger partial charge in [0, 0.05) is 38.2 Å². The van der Waals surface area contributed by atoms with Crippen molar-refractivity contribution in [3.05, 3.63) is 218 Å². The van der Waals surface area contributed by atoms with Gasteiger partial charge in [0.15, 0.2) is 23.1 Å². The SMILES string of the molecule is c1ccc(-c2ccc(-c3nc(-c4ccc5ccccc5c4)nc(-c4cccc5oc6c(-n7c8ccc(-c9ccccc9)cc8c8c9ccccc9ccc87)cccc6c45)n3)cc2)cc1. The summed E-state index contributed by atoms with van der Waals surface area (Å²) in [4.78, 5) is 15.6. The highest BCUT2D eigenvalue weighted by atomic mass is 16.3. The van der Waals surface area contributed by atoms with Gasteiger partial charge in [0.05, 0.1) is 16.7 Å². The molecule has 0 spiro atoms. The van der Waals surface area contributed by atoms with Crippen molar-refractivity contribution in [2.24, 2.45) is 0 Å². The van der Waals surface area contributed by atoms with Crippen LogP contribution in [0.5, 0.6) is 0 Å². The van der Waals surface area contributed by atoms with E-state index >= 15 is 0 Å². The Morgan fingerprint density at radius 2 is 0.906 bits per heavy atom. The van der Waals surface area contributed by atoms with Gasteiger partial charge in [-0.1, -0.05) is 182 Å². The molecule has 10 aromatic carbocycles. The van der Waals surface area contributed by atoms with E-state index in [4.69, 9.17) is 19.4 Å². The van der Waals surface area contributed by atoms with Crippen molar-refractivity contribution in [1.82, 2.24) is 19.5 Å². The monoisotopic (exact) mass is 816 g/mol. The molecular weight excluding hydrogens is 781 g/mol. The molecule has 0 saturated carbocycles. The van der Waals surface area contributed by atoms with Crippen molar-refractivity contribution in [1.29, 1.82) is 0 Å². The molecule has 0 saturated heterocycles. The zero-order chi connectivity index (χ0) is 42.1. The van der Waals surface area contributed by atoms with Crippen LogP contribution in [0.2, 0.25) is 0 Å². The number of fused-ring (bicyclic) bond motifs is 9. The maximum atomic E-state index is 6.99. The van der Waals surface area contributed by atoms with Gasteiger partial charge in [0.2, 0.25) is 0 Å². The van der Waals surface area contributed by atoms with Crippen molar-refractivity contribution in [3.8, 4) is 62.1 Å². The first-order valence-corrected chi connectivity index (χ1v) is 21.6. The van der Waals surface area contributed by atoms with Crippen LogP contribution >= 0.6 is 0 Å². The molecule has 0 radical (unpaired) electrons.